The summed E-state index contributed by atoms with van der Waals surface area (Å²) in [4.78, 5) is 0. The molecule has 0 radical (unpaired) electrons. The third kappa shape index (κ3) is 5.14. The molecule has 0 aliphatic heterocycles. The molecule has 1 unspecified atom stereocenters. The third-order valence-corrected chi connectivity index (χ3v) is 4.82. The first-order chi connectivity index (χ1) is 10.3. The summed E-state index contributed by atoms with van der Waals surface area (Å²) in [7, 11) is 0. The van der Waals surface area contributed by atoms with E-state index in [0.29, 0.717) is 6.04 Å². The van der Waals surface area contributed by atoms with E-state index in [1.807, 2.05) is 0 Å². The van der Waals surface area contributed by atoms with Gasteiger partial charge in [-0.15, -0.1) is 0 Å². The molecular formula is C20H33N. The Labute approximate surface area is 131 Å². The molecule has 1 aromatic carbocycles. The molecule has 118 valence electrons. The molecule has 2 rings (SSSR count). The SMILES string of the molecule is CCCCCCCCC(NCC)c1ccc2c(c1)CCC2. The van der Waals surface area contributed by atoms with E-state index >= 15 is 0 Å². The van der Waals surface area contributed by atoms with Crippen molar-refractivity contribution < 1.29 is 0 Å². The van der Waals surface area contributed by atoms with Crippen molar-refractivity contribution in [2.45, 2.75) is 84.1 Å². The predicted octanol–water partition coefficient (Wildman–Crippen LogP) is 5.58. The Morgan fingerprint density at radius 2 is 1.71 bits per heavy atom. The van der Waals surface area contributed by atoms with Crippen LogP contribution in [-0.4, -0.2) is 6.54 Å². The Morgan fingerprint density at radius 3 is 2.52 bits per heavy atom. The Hall–Kier alpha value is -0.820. The molecule has 1 aliphatic carbocycles. The van der Waals surface area contributed by atoms with E-state index in [0.717, 1.165) is 6.54 Å². The van der Waals surface area contributed by atoms with Crippen molar-refractivity contribution in [1.29, 1.82) is 0 Å². The van der Waals surface area contributed by atoms with Crippen molar-refractivity contribution >= 4 is 0 Å². The fourth-order valence-electron chi connectivity index (χ4n) is 3.57. The van der Waals surface area contributed by atoms with Gasteiger partial charge in [-0.25, -0.2) is 0 Å². The zero-order valence-electron chi connectivity index (χ0n) is 14.1. The summed E-state index contributed by atoms with van der Waals surface area (Å²) in [6.07, 6.45) is 13.6. The van der Waals surface area contributed by atoms with Gasteiger partial charge in [-0.2, -0.15) is 0 Å². The molecule has 1 N–H and O–H groups in total. The van der Waals surface area contributed by atoms with Crippen molar-refractivity contribution in [3.05, 3.63) is 34.9 Å². The van der Waals surface area contributed by atoms with Gasteiger partial charge in [-0.05, 0) is 48.9 Å². The topological polar surface area (TPSA) is 12.0 Å². The largest absolute Gasteiger partial charge is 0.310 e. The van der Waals surface area contributed by atoms with Gasteiger partial charge in [0.15, 0.2) is 0 Å². The second-order valence-electron chi connectivity index (χ2n) is 6.55. The highest BCUT2D eigenvalue weighted by Gasteiger charge is 2.15. The lowest BCUT2D eigenvalue weighted by atomic mass is 9.96. The monoisotopic (exact) mass is 287 g/mol. The first kappa shape index (κ1) is 16.5. The van der Waals surface area contributed by atoms with Gasteiger partial charge in [-0.1, -0.05) is 70.6 Å². The molecule has 1 atom stereocenters. The number of hydrogen-bond acceptors (Lipinski definition) is 1. The minimum atomic E-state index is 0.562. The Morgan fingerprint density at radius 1 is 0.952 bits per heavy atom. The van der Waals surface area contributed by atoms with Crippen molar-refractivity contribution in [2.24, 2.45) is 0 Å². The molecule has 1 aromatic rings. The standard InChI is InChI=1S/C20H33N/c1-3-5-6-7-8-9-13-20(21-4-2)19-15-14-17-11-10-12-18(17)16-19/h14-16,20-21H,3-13H2,1-2H3. The number of benzene rings is 1. The molecule has 1 nitrogen and oxygen atoms in total. The van der Waals surface area contributed by atoms with E-state index in [1.165, 1.54) is 69.8 Å². The number of aryl methyl sites for hydroxylation is 2. The Kier molecular flexibility index (Phi) is 7.29. The summed E-state index contributed by atoms with van der Waals surface area (Å²) >= 11 is 0. The number of hydrogen-bond donors (Lipinski definition) is 1. The second-order valence-corrected chi connectivity index (χ2v) is 6.55. The summed E-state index contributed by atoms with van der Waals surface area (Å²) in [6, 6.07) is 7.79. The molecule has 0 amide bonds. The minimum absolute atomic E-state index is 0.562. The van der Waals surface area contributed by atoms with Crippen molar-refractivity contribution in [3.63, 3.8) is 0 Å². The van der Waals surface area contributed by atoms with Gasteiger partial charge in [0, 0.05) is 6.04 Å². The van der Waals surface area contributed by atoms with Gasteiger partial charge in [0.1, 0.15) is 0 Å². The van der Waals surface area contributed by atoms with Crippen LogP contribution in [0, 0.1) is 0 Å². The molecule has 21 heavy (non-hydrogen) atoms. The first-order valence-corrected chi connectivity index (χ1v) is 9.20. The summed E-state index contributed by atoms with van der Waals surface area (Å²) in [5, 5.41) is 3.69. The Balaban J connectivity index is 1.83. The van der Waals surface area contributed by atoms with Gasteiger partial charge in [0.05, 0.1) is 0 Å². The van der Waals surface area contributed by atoms with Crippen molar-refractivity contribution in [1.82, 2.24) is 5.32 Å². The van der Waals surface area contributed by atoms with Crippen LogP contribution >= 0.6 is 0 Å². The Bertz CT molecular complexity index is 410. The van der Waals surface area contributed by atoms with E-state index in [-0.39, 0.29) is 0 Å². The van der Waals surface area contributed by atoms with E-state index in [1.54, 1.807) is 11.1 Å². The average molecular weight is 287 g/mol. The minimum Gasteiger partial charge on any atom is -0.310 e. The van der Waals surface area contributed by atoms with Crippen LogP contribution in [0.25, 0.3) is 0 Å². The fraction of sp³-hybridized carbons (Fsp3) is 0.700. The molecule has 0 saturated heterocycles. The van der Waals surface area contributed by atoms with E-state index in [2.05, 4.69) is 37.4 Å². The van der Waals surface area contributed by atoms with Crippen LogP contribution in [0.2, 0.25) is 0 Å². The number of rotatable bonds is 10. The van der Waals surface area contributed by atoms with Gasteiger partial charge < -0.3 is 5.32 Å². The first-order valence-electron chi connectivity index (χ1n) is 9.20. The molecular weight excluding hydrogens is 254 g/mol. The van der Waals surface area contributed by atoms with Crippen LogP contribution in [0.1, 0.15) is 87.9 Å². The molecule has 1 aliphatic rings. The lowest BCUT2D eigenvalue weighted by Gasteiger charge is -2.19. The van der Waals surface area contributed by atoms with Crippen LogP contribution in [0.3, 0.4) is 0 Å². The van der Waals surface area contributed by atoms with Crippen LogP contribution < -0.4 is 5.32 Å². The van der Waals surface area contributed by atoms with Crippen molar-refractivity contribution in [3.8, 4) is 0 Å². The van der Waals surface area contributed by atoms with E-state index in [9.17, 15) is 0 Å². The smallest absolute Gasteiger partial charge is 0.0320 e. The van der Waals surface area contributed by atoms with Crippen LogP contribution in [0.5, 0.6) is 0 Å². The van der Waals surface area contributed by atoms with Gasteiger partial charge in [-0.3, -0.25) is 0 Å². The van der Waals surface area contributed by atoms with Crippen molar-refractivity contribution in [2.75, 3.05) is 6.54 Å². The van der Waals surface area contributed by atoms with Gasteiger partial charge in [0.25, 0.3) is 0 Å². The van der Waals surface area contributed by atoms with Crippen LogP contribution in [0.15, 0.2) is 18.2 Å². The number of nitrogens with one attached hydrogen (secondary N) is 1. The van der Waals surface area contributed by atoms with Gasteiger partial charge in [0.2, 0.25) is 0 Å². The lowest BCUT2D eigenvalue weighted by molar-refractivity contribution is 0.476. The predicted molar refractivity (Wildman–Crippen MR) is 92.9 cm³/mol. The molecule has 0 heterocycles. The molecule has 0 bridgehead atoms. The third-order valence-electron chi connectivity index (χ3n) is 4.82. The lowest BCUT2D eigenvalue weighted by Crippen LogP contribution is -2.21. The van der Waals surface area contributed by atoms with E-state index < -0.39 is 0 Å². The summed E-state index contributed by atoms with van der Waals surface area (Å²) in [5.74, 6) is 0. The highest BCUT2D eigenvalue weighted by Crippen LogP contribution is 2.27. The van der Waals surface area contributed by atoms with Gasteiger partial charge >= 0.3 is 0 Å². The zero-order valence-corrected chi connectivity index (χ0v) is 14.1. The quantitative estimate of drug-likeness (QED) is 0.554. The number of fused-ring (bicyclic) bond motifs is 1. The maximum atomic E-state index is 3.69. The summed E-state index contributed by atoms with van der Waals surface area (Å²) in [6.45, 7) is 5.58. The van der Waals surface area contributed by atoms with Crippen LogP contribution in [-0.2, 0) is 12.8 Å². The molecule has 1 heteroatoms. The fourth-order valence-corrected chi connectivity index (χ4v) is 3.57. The maximum Gasteiger partial charge on any atom is 0.0320 e. The number of unbranched alkanes of at least 4 members (excludes halogenated alkanes) is 5. The normalized spacial score (nSPS) is 15.1. The molecule has 0 fully saturated rings. The van der Waals surface area contributed by atoms with E-state index in [4.69, 9.17) is 0 Å². The van der Waals surface area contributed by atoms with Crippen LogP contribution in [0.4, 0.5) is 0 Å². The summed E-state index contributed by atoms with van der Waals surface area (Å²) < 4.78 is 0. The highest BCUT2D eigenvalue weighted by atomic mass is 14.9. The second kappa shape index (κ2) is 9.25. The summed E-state index contributed by atoms with van der Waals surface area (Å²) in [5.41, 5.74) is 4.72. The maximum absolute atomic E-state index is 3.69. The molecule has 0 saturated carbocycles. The molecule has 0 spiro atoms. The average Bonchev–Trinajstić information content (AvgIpc) is 2.97. The highest BCUT2D eigenvalue weighted by molar-refractivity contribution is 5.36. The molecule has 0 aromatic heterocycles. The zero-order chi connectivity index (χ0) is 14.9.